The number of aliphatic hydroxyl groups excluding tert-OH is 4. The second kappa shape index (κ2) is 25.1. The number of aliphatic hydroxyl groups is 6. The molecule has 18 heteroatoms. The molecular weight excluding hydrogens is 932 g/mol. The molecule has 3 aliphatic heterocycles. The molecule has 72 heavy (non-hydrogen) atoms. The number of likely N-dealkylation sites (N-methyl/N-ethyl adjacent to an activating group) is 2. The molecule has 1 amide bonds. The first kappa shape index (κ1) is 59.6. The van der Waals surface area contributed by atoms with E-state index in [2.05, 4.69) is 10.3 Å². The lowest BCUT2D eigenvalue weighted by Crippen LogP contribution is -2.62. The van der Waals surface area contributed by atoms with Gasteiger partial charge in [0.25, 0.3) is 0 Å². The fourth-order valence-electron chi connectivity index (χ4n) is 11.8. The quantitative estimate of drug-likeness (QED) is 0.132. The van der Waals surface area contributed by atoms with Gasteiger partial charge in [-0.1, -0.05) is 58.0 Å². The fraction of sp³-hybridized carbons (Fsp3) is 0.759. The van der Waals surface area contributed by atoms with E-state index in [9.17, 15) is 44.6 Å². The summed E-state index contributed by atoms with van der Waals surface area (Å²) in [7, 11) is 5.08. The van der Waals surface area contributed by atoms with Crippen molar-refractivity contribution in [3.8, 4) is 11.1 Å². The summed E-state index contributed by atoms with van der Waals surface area (Å²) in [6, 6.07) is 8.30. The Bertz CT molecular complexity index is 2020. The van der Waals surface area contributed by atoms with E-state index in [1.807, 2.05) is 49.8 Å². The summed E-state index contributed by atoms with van der Waals surface area (Å²) in [6.07, 6.45) is -6.31. The molecule has 2 aromatic rings. The number of hydrogen-bond donors (Lipinski definition) is 7. The number of esters is 1. The first-order valence-corrected chi connectivity index (χ1v) is 25.9. The third-order valence-electron chi connectivity index (χ3n) is 16.3. The normalized spacial score (nSPS) is 39.8. The zero-order valence-corrected chi connectivity index (χ0v) is 44.9. The van der Waals surface area contributed by atoms with Crippen molar-refractivity contribution in [3.05, 3.63) is 54.4 Å². The van der Waals surface area contributed by atoms with E-state index in [-0.39, 0.29) is 38.1 Å². The lowest BCUT2D eigenvalue weighted by molar-refractivity contribution is -0.302. The molecule has 0 spiro atoms. The maximum absolute atomic E-state index is 14.6. The molecule has 0 radical (unpaired) electrons. The molecule has 20 atom stereocenters. The van der Waals surface area contributed by atoms with E-state index in [4.69, 9.17) is 23.7 Å². The molecule has 3 fully saturated rings. The van der Waals surface area contributed by atoms with Gasteiger partial charge in [-0.3, -0.25) is 14.6 Å². The number of methoxy groups -OCH3 is 1. The first-order valence-electron chi connectivity index (χ1n) is 25.9. The minimum Gasteiger partial charge on any atom is -0.459 e. The van der Waals surface area contributed by atoms with E-state index in [0.29, 0.717) is 18.5 Å². The van der Waals surface area contributed by atoms with Crippen molar-refractivity contribution in [3.63, 3.8) is 0 Å². The highest BCUT2D eigenvalue weighted by atomic mass is 19.1. The Balaban J connectivity index is 1.41. The number of ether oxygens (including phenoxy) is 5. The van der Waals surface area contributed by atoms with Gasteiger partial charge in [0.15, 0.2) is 6.29 Å². The van der Waals surface area contributed by atoms with Crippen LogP contribution < -0.4 is 5.32 Å². The highest BCUT2D eigenvalue weighted by Gasteiger charge is 2.55. The van der Waals surface area contributed by atoms with Crippen LogP contribution >= 0.6 is 0 Å². The summed E-state index contributed by atoms with van der Waals surface area (Å²) in [5, 5.41) is 73.7. The average molecular weight is 1020 g/mol. The lowest BCUT2D eigenvalue weighted by atomic mass is 9.68. The van der Waals surface area contributed by atoms with Gasteiger partial charge < -0.3 is 69.4 Å². The maximum Gasteiger partial charge on any atom is 0.309 e. The smallest absolute Gasteiger partial charge is 0.309 e. The van der Waals surface area contributed by atoms with Crippen molar-refractivity contribution < 1.29 is 68.3 Å². The number of pyridine rings is 1. The van der Waals surface area contributed by atoms with E-state index in [1.54, 1.807) is 85.2 Å². The molecular formula is C54H87FN4O13. The van der Waals surface area contributed by atoms with E-state index >= 15 is 0 Å². The van der Waals surface area contributed by atoms with Crippen LogP contribution in [-0.4, -0.2) is 188 Å². The van der Waals surface area contributed by atoms with E-state index in [1.165, 1.54) is 14.0 Å². The van der Waals surface area contributed by atoms with Crippen LogP contribution in [0, 0.1) is 23.7 Å². The van der Waals surface area contributed by atoms with Crippen LogP contribution in [0.5, 0.6) is 0 Å². The molecule has 5 rings (SSSR count). The Morgan fingerprint density at radius 2 is 1.67 bits per heavy atom. The van der Waals surface area contributed by atoms with E-state index < -0.39 is 132 Å². The Hall–Kier alpha value is -3.24. The maximum atomic E-state index is 14.6. The Kier molecular flexibility index (Phi) is 20.8. The number of aromatic nitrogens is 1. The minimum absolute atomic E-state index is 0.0844. The molecule has 0 aliphatic carbocycles. The summed E-state index contributed by atoms with van der Waals surface area (Å²) >= 11 is 0. The number of carbonyl (C=O) groups is 2. The van der Waals surface area contributed by atoms with Crippen LogP contribution in [0.25, 0.3) is 11.1 Å². The van der Waals surface area contributed by atoms with Gasteiger partial charge in [0, 0.05) is 63.4 Å². The molecule has 7 N–H and O–H groups in total. The van der Waals surface area contributed by atoms with Crippen LogP contribution in [0.3, 0.4) is 0 Å². The number of carbonyl (C=O) groups excluding carboxylic acids is 2. The van der Waals surface area contributed by atoms with Gasteiger partial charge in [-0.05, 0) is 109 Å². The van der Waals surface area contributed by atoms with Crippen molar-refractivity contribution >= 4 is 11.9 Å². The summed E-state index contributed by atoms with van der Waals surface area (Å²) in [4.78, 5) is 35.8. The predicted octanol–water partition coefficient (Wildman–Crippen LogP) is 4.18. The van der Waals surface area contributed by atoms with Crippen LogP contribution in [0.4, 0.5) is 4.39 Å². The summed E-state index contributed by atoms with van der Waals surface area (Å²) in [6.45, 7) is 17.1. The zero-order valence-electron chi connectivity index (χ0n) is 44.9. The number of amides is 1. The largest absolute Gasteiger partial charge is 0.459 e. The molecule has 17 nitrogen and oxygen atoms in total. The fourth-order valence-corrected chi connectivity index (χ4v) is 11.8. The number of alkyl halides is 1. The molecule has 408 valence electrons. The van der Waals surface area contributed by atoms with Crippen LogP contribution in [0.1, 0.15) is 113 Å². The molecule has 3 aliphatic rings. The molecule has 3 saturated heterocycles. The van der Waals surface area contributed by atoms with E-state index in [0.717, 1.165) is 11.1 Å². The number of hydrogen-bond acceptors (Lipinski definition) is 16. The average Bonchev–Trinajstić information content (AvgIpc) is 3.34. The summed E-state index contributed by atoms with van der Waals surface area (Å²) in [5.74, 6) is -3.91. The predicted molar refractivity (Wildman–Crippen MR) is 269 cm³/mol. The second-order valence-electron chi connectivity index (χ2n) is 22.2. The molecule has 4 heterocycles. The number of rotatable bonds is 14. The molecule has 0 saturated carbocycles. The van der Waals surface area contributed by atoms with Gasteiger partial charge in [0.05, 0.1) is 47.6 Å². The second-order valence-corrected chi connectivity index (χ2v) is 22.2. The Morgan fingerprint density at radius 3 is 2.26 bits per heavy atom. The van der Waals surface area contributed by atoms with Crippen LogP contribution in [0.2, 0.25) is 0 Å². The summed E-state index contributed by atoms with van der Waals surface area (Å²) < 4.78 is 46.4. The van der Waals surface area contributed by atoms with Crippen molar-refractivity contribution in [1.29, 1.82) is 0 Å². The zero-order chi connectivity index (χ0) is 53.6. The Morgan fingerprint density at radius 1 is 1.00 bits per heavy atom. The monoisotopic (exact) mass is 1020 g/mol. The van der Waals surface area contributed by atoms with Gasteiger partial charge >= 0.3 is 5.97 Å². The highest BCUT2D eigenvalue weighted by molar-refractivity contribution is 5.76. The van der Waals surface area contributed by atoms with Crippen LogP contribution in [-0.2, 0) is 33.3 Å². The topological polar surface area (TPSA) is 233 Å². The van der Waals surface area contributed by atoms with Gasteiger partial charge in [-0.25, -0.2) is 4.39 Å². The third-order valence-corrected chi connectivity index (χ3v) is 16.3. The van der Waals surface area contributed by atoms with Gasteiger partial charge in [0.1, 0.15) is 42.8 Å². The Labute approximate surface area is 426 Å². The van der Waals surface area contributed by atoms with Gasteiger partial charge in [0.2, 0.25) is 5.91 Å². The van der Waals surface area contributed by atoms with Crippen LogP contribution in [0.15, 0.2) is 48.8 Å². The standard InChI is InChI=1S/C54H87FN4O13/c1-14-42-54(10,67)47(63)34(6)59(12)29-30(2)25-52(8,66)49(32(4)44(33(5)50(65)71-42)41-26-53(9,68-13)48(64)35(7)70-41)72-51-46(62)40(24-31(3)69-51)58(11)23-21-43(60)57-39(27-55)45(61)37-19-17-36(18-20-37)38-16-15-22-56-28-38/h15-20,22,28,30-35,39-42,44-49,51,61-64,66-67H,14,21,23-27,29H2,1-13H3,(H,57,60)/t30-,31-,32+,33-,34-,35+,39-,40+,41?,42-,44+,45-,46-,47-,48+,49-,51+,52-,53-,54-/m1/s1. The number of nitrogens with zero attached hydrogens (tertiary/aromatic N) is 3. The number of nitrogens with one attached hydrogen (secondary N) is 1. The first-order chi connectivity index (χ1) is 33.7. The van der Waals surface area contributed by atoms with Gasteiger partial charge in [-0.2, -0.15) is 0 Å². The van der Waals surface area contributed by atoms with Crippen molar-refractivity contribution in [1.82, 2.24) is 20.1 Å². The summed E-state index contributed by atoms with van der Waals surface area (Å²) in [5.41, 5.74) is -2.41. The van der Waals surface area contributed by atoms with Crippen molar-refractivity contribution in [2.45, 2.75) is 197 Å². The number of benzene rings is 1. The number of cyclic esters (lactones) is 1. The van der Waals surface area contributed by atoms with Gasteiger partial charge in [-0.15, -0.1) is 0 Å². The molecule has 0 bridgehead atoms. The van der Waals surface area contributed by atoms with Crippen molar-refractivity contribution in [2.75, 3.05) is 41.0 Å². The molecule has 1 aromatic heterocycles. The third kappa shape index (κ3) is 13.8. The highest BCUT2D eigenvalue weighted by Crippen LogP contribution is 2.45. The molecule has 1 unspecified atom stereocenters. The minimum atomic E-state index is -1.85. The lowest BCUT2D eigenvalue weighted by Gasteiger charge is -2.51. The SMILES string of the molecule is CC[C@H]1OC(=O)[C@H](C)[C@@H](C2C[C@@](C)(OC)[C@@H](O)[C@H](C)O2)[C@H](C)[C@@H](O[C@@H]2O[C@H](C)C[C@H](N(C)CCC(=O)N[C@H](CF)[C@H](O)c3ccc(-c4cccnc4)cc3)[C@H]2O)[C@](C)(O)C[C@@H](C)CN(C)[C@H](C)[C@@H](O)[C@]1(C)O. The molecule has 1 aromatic carbocycles. The number of halogens is 1. The van der Waals surface area contributed by atoms with Crippen molar-refractivity contribution in [2.24, 2.45) is 23.7 Å².